The topological polar surface area (TPSA) is 58.6 Å². The third kappa shape index (κ3) is 3.01. The van der Waals surface area contributed by atoms with Gasteiger partial charge in [-0.3, -0.25) is 0 Å². The SMILES string of the molecule is Cc1cc(C(=O)O)ccc1NCC1CCC(C)O1. The number of nitrogens with one attached hydrogen (secondary N) is 1. The second-order valence-corrected chi connectivity index (χ2v) is 4.86. The molecule has 0 saturated carbocycles. The van der Waals surface area contributed by atoms with Crippen molar-refractivity contribution in [3.05, 3.63) is 29.3 Å². The first kappa shape index (κ1) is 12.9. The van der Waals surface area contributed by atoms with Gasteiger partial charge in [0.05, 0.1) is 17.8 Å². The molecule has 1 aromatic rings. The maximum atomic E-state index is 10.8. The lowest BCUT2D eigenvalue weighted by Gasteiger charge is -2.15. The maximum absolute atomic E-state index is 10.8. The molecule has 2 atom stereocenters. The molecule has 0 aromatic heterocycles. The van der Waals surface area contributed by atoms with Crippen LogP contribution in [0.5, 0.6) is 0 Å². The Kier molecular flexibility index (Phi) is 3.87. The normalized spacial score (nSPS) is 23.0. The second-order valence-electron chi connectivity index (χ2n) is 4.86. The first-order valence-corrected chi connectivity index (χ1v) is 6.29. The number of carboxylic acid groups (broad SMARTS) is 1. The fourth-order valence-electron chi connectivity index (χ4n) is 2.25. The van der Waals surface area contributed by atoms with Gasteiger partial charge in [0.1, 0.15) is 0 Å². The van der Waals surface area contributed by atoms with Gasteiger partial charge in [-0.2, -0.15) is 0 Å². The van der Waals surface area contributed by atoms with Crippen LogP contribution in [0.1, 0.15) is 35.7 Å². The molecule has 2 unspecified atom stereocenters. The van der Waals surface area contributed by atoms with Crippen LogP contribution in [0.3, 0.4) is 0 Å². The molecule has 1 aromatic carbocycles. The summed E-state index contributed by atoms with van der Waals surface area (Å²) in [5.41, 5.74) is 2.24. The van der Waals surface area contributed by atoms with E-state index in [9.17, 15) is 4.79 Å². The summed E-state index contributed by atoms with van der Waals surface area (Å²) >= 11 is 0. The standard InChI is InChI=1S/C14H19NO3/c1-9-7-11(14(16)17)4-6-13(9)15-8-12-5-3-10(2)18-12/h4,6-7,10,12,15H,3,5,8H2,1-2H3,(H,16,17). The van der Waals surface area contributed by atoms with Crippen LogP contribution in [-0.4, -0.2) is 29.8 Å². The summed E-state index contributed by atoms with van der Waals surface area (Å²) in [5, 5.41) is 12.2. The monoisotopic (exact) mass is 249 g/mol. The van der Waals surface area contributed by atoms with Gasteiger partial charge in [-0.25, -0.2) is 4.79 Å². The molecule has 0 radical (unpaired) electrons. The zero-order valence-corrected chi connectivity index (χ0v) is 10.8. The fourth-order valence-corrected chi connectivity index (χ4v) is 2.25. The number of hydrogen-bond donors (Lipinski definition) is 2. The van der Waals surface area contributed by atoms with E-state index in [2.05, 4.69) is 12.2 Å². The Morgan fingerprint density at radius 2 is 2.28 bits per heavy atom. The molecule has 4 nitrogen and oxygen atoms in total. The molecule has 4 heteroatoms. The van der Waals surface area contributed by atoms with Crippen molar-refractivity contribution in [1.82, 2.24) is 0 Å². The smallest absolute Gasteiger partial charge is 0.335 e. The molecule has 98 valence electrons. The molecule has 2 rings (SSSR count). The van der Waals surface area contributed by atoms with Gasteiger partial charge < -0.3 is 15.2 Å². The first-order chi connectivity index (χ1) is 8.56. The molecule has 18 heavy (non-hydrogen) atoms. The molecule has 1 aliphatic heterocycles. The van der Waals surface area contributed by atoms with Gasteiger partial charge in [0.15, 0.2) is 0 Å². The van der Waals surface area contributed by atoms with E-state index < -0.39 is 5.97 Å². The van der Waals surface area contributed by atoms with E-state index in [1.807, 2.05) is 13.0 Å². The number of aryl methyl sites for hydroxylation is 1. The highest BCUT2D eigenvalue weighted by Gasteiger charge is 2.21. The molecular weight excluding hydrogens is 230 g/mol. The Morgan fingerprint density at radius 3 is 2.83 bits per heavy atom. The van der Waals surface area contributed by atoms with Crippen molar-refractivity contribution in [2.24, 2.45) is 0 Å². The summed E-state index contributed by atoms with van der Waals surface area (Å²) in [6, 6.07) is 5.12. The van der Waals surface area contributed by atoms with E-state index in [-0.39, 0.29) is 6.10 Å². The Hall–Kier alpha value is -1.55. The van der Waals surface area contributed by atoms with Crippen molar-refractivity contribution in [1.29, 1.82) is 0 Å². The average Bonchev–Trinajstić information content (AvgIpc) is 2.73. The lowest BCUT2D eigenvalue weighted by Crippen LogP contribution is -2.20. The second kappa shape index (κ2) is 5.40. The minimum absolute atomic E-state index is 0.263. The predicted octanol–water partition coefficient (Wildman–Crippen LogP) is 2.67. The summed E-state index contributed by atoms with van der Waals surface area (Å²) in [4.78, 5) is 10.8. The molecule has 1 aliphatic rings. The van der Waals surface area contributed by atoms with Crippen LogP contribution in [0.15, 0.2) is 18.2 Å². The van der Waals surface area contributed by atoms with E-state index in [1.165, 1.54) is 0 Å². The molecular formula is C14H19NO3. The lowest BCUT2D eigenvalue weighted by molar-refractivity contribution is 0.0636. The Bertz CT molecular complexity index is 445. The number of carbonyl (C=O) groups is 1. The number of aromatic carboxylic acids is 1. The van der Waals surface area contributed by atoms with Crippen molar-refractivity contribution in [3.8, 4) is 0 Å². The third-order valence-electron chi connectivity index (χ3n) is 3.31. The minimum atomic E-state index is -0.891. The molecule has 0 spiro atoms. The number of rotatable bonds is 4. The van der Waals surface area contributed by atoms with Crippen LogP contribution >= 0.6 is 0 Å². The van der Waals surface area contributed by atoms with Gasteiger partial charge in [-0.05, 0) is 50.5 Å². The van der Waals surface area contributed by atoms with E-state index >= 15 is 0 Å². The Balaban J connectivity index is 1.95. The van der Waals surface area contributed by atoms with Crippen molar-refractivity contribution in [2.45, 2.75) is 38.9 Å². The van der Waals surface area contributed by atoms with Crippen molar-refractivity contribution >= 4 is 11.7 Å². The zero-order chi connectivity index (χ0) is 13.1. The number of anilines is 1. The van der Waals surface area contributed by atoms with E-state index in [0.717, 1.165) is 30.6 Å². The molecule has 1 saturated heterocycles. The van der Waals surface area contributed by atoms with Gasteiger partial charge in [0.2, 0.25) is 0 Å². The average molecular weight is 249 g/mol. The van der Waals surface area contributed by atoms with Gasteiger partial charge in [-0.15, -0.1) is 0 Å². The molecule has 0 aliphatic carbocycles. The molecule has 0 amide bonds. The quantitative estimate of drug-likeness (QED) is 0.861. The number of carboxylic acids is 1. The largest absolute Gasteiger partial charge is 0.478 e. The van der Waals surface area contributed by atoms with Crippen LogP contribution in [0.2, 0.25) is 0 Å². The van der Waals surface area contributed by atoms with Gasteiger partial charge >= 0.3 is 5.97 Å². The Labute approximate surface area is 107 Å². The van der Waals surface area contributed by atoms with Crippen molar-refractivity contribution in [3.63, 3.8) is 0 Å². The summed E-state index contributed by atoms with van der Waals surface area (Å²) in [7, 11) is 0. The van der Waals surface area contributed by atoms with E-state index in [0.29, 0.717) is 11.7 Å². The number of benzene rings is 1. The van der Waals surface area contributed by atoms with Crippen LogP contribution in [0.4, 0.5) is 5.69 Å². The lowest BCUT2D eigenvalue weighted by atomic mass is 10.1. The van der Waals surface area contributed by atoms with Crippen LogP contribution in [-0.2, 0) is 4.74 Å². The fraction of sp³-hybridized carbons (Fsp3) is 0.500. The van der Waals surface area contributed by atoms with Crippen molar-refractivity contribution < 1.29 is 14.6 Å². The highest BCUT2D eigenvalue weighted by molar-refractivity contribution is 5.88. The molecule has 1 fully saturated rings. The zero-order valence-electron chi connectivity index (χ0n) is 10.8. The third-order valence-corrected chi connectivity index (χ3v) is 3.31. The number of ether oxygens (including phenoxy) is 1. The van der Waals surface area contributed by atoms with Crippen LogP contribution in [0.25, 0.3) is 0 Å². The van der Waals surface area contributed by atoms with Crippen LogP contribution in [0, 0.1) is 6.92 Å². The first-order valence-electron chi connectivity index (χ1n) is 6.29. The summed E-state index contributed by atoms with van der Waals surface area (Å²) in [6.45, 7) is 4.78. The van der Waals surface area contributed by atoms with Gasteiger partial charge in [-0.1, -0.05) is 0 Å². The predicted molar refractivity (Wildman–Crippen MR) is 70.2 cm³/mol. The van der Waals surface area contributed by atoms with Crippen molar-refractivity contribution in [2.75, 3.05) is 11.9 Å². The highest BCUT2D eigenvalue weighted by Crippen LogP contribution is 2.21. The molecule has 1 heterocycles. The van der Waals surface area contributed by atoms with E-state index in [1.54, 1.807) is 12.1 Å². The summed E-state index contributed by atoms with van der Waals surface area (Å²) < 4.78 is 5.73. The maximum Gasteiger partial charge on any atom is 0.335 e. The Morgan fingerprint density at radius 1 is 1.50 bits per heavy atom. The molecule has 2 N–H and O–H groups in total. The van der Waals surface area contributed by atoms with Crippen LogP contribution < -0.4 is 5.32 Å². The van der Waals surface area contributed by atoms with Gasteiger partial charge in [0, 0.05) is 12.2 Å². The van der Waals surface area contributed by atoms with E-state index in [4.69, 9.17) is 9.84 Å². The minimum Gasteiger partial charge on any atom is -0.478 e. The highest BCUT2D eigenvalue weighted by atomic mass is 16.5. The molecule has 0 bridgehead atoms. The number of hydrogen-bond acceptors (Lipinski definition) is 3. The summed E-state index contributed by atoms with van der Waals surface area (Å²) in [5.74, 6) is -0.891. The van der Waals surface area contributed by atoms with Gasteiger partial charge in [0.25, 0.3) is 0 Å². The summed E-state index contributed by atoms with van der Waals surface area (Å²) in [6.07, 6.45) is 2.81.